The Morgan fingerprint density at radius 2 is 1.79 bits per heavy atom. The number of aryl methyl sites for hydroxylation is 1. The third-order valence-corrected chi connectivity index (χ3v) is 5.15. The summed E-state index contributed by atoms with van der Waals surface area (Å²) in [6.45, 7) is 7.31. The maximum absolute atomic E-state index is 13.0. The Bertz CT molecular complexity index is 671. The zero-order valence-electron chi connectivity index (χ0n) is 14.0. The van der Waals surface area contributed by atoms with Gasteiger partial charge in [0.15, 0.2) is 0 Å². The first kappa shape index (κ1) is 15.5. The van der Waals surface area contributed by atoms with Gasteiger partial charge in [-0.25, -0.2) is 4.39 Å². The number of aromatic nitrogens is 3. The largest absolute Gasteiger partial charge is 0.369 e. The van der Waals surface area contributed by atoms with Crippen LogP contribution in [0.15, 0.2) is 30.5 Å². The molecule has 2 aliphatic rings. The summed E-state index contributed by atoms with van der Waals surface area (Å²) in [5.74, 6) is -0.171. The number of benzene rings is 1. The number of nitrogens with zero attached hydrogens (tertiary/aromatic N) is 6. The molecule has 0 aliphatic carbocycles. The van der Waals surface area contributed by atoms with E-state index in [4.69, 9.17) is 0 Å². The highest BCUT2D eigenvalue weighted by Gasteiger charge is 2.33. The van der Waals surface area contributed by atoms with E-state index in [1.165, 1.54) is 0 Å². The van der Waals surface area contributed by atoms with Crippen molar-refractivity contribution >= 4 is 5.69 Å². The molecule has 1 aromatic heterocycles. The molecule has 0 radical (unpaired) electrons. The topological polar surface area (TPSA) is 40.4 Å². The van der Waals surface area contributed by atoms with Crippen LogP contribution in [0.1, 0.15) is 5.69 Å². The fraction of sp³-hybridized carbons (Fsp3) is 0.529. The Morgan fingerprint density at radius 3 is 2.42 bits per heavy atom. The molecule has 6 nitrogen and oxygen atoms in total. The van der Waals surface area contributed by atoms with Crippen LogP contribution in [-0.2, 0) is 13.6 Å². The van der Waals surface area contributed by atoms with E-state index in [0.717, 1.165) is 57.2 Å². The molecule has 4 rings (SSSR count). The van der Waals surface area contributed by atoms with Crippen molar-refractivity contribution in [1.29, 1.82) is 0 Å². The third kappa shape index (κ3) is 3.14. The lowest BCUT2D eigenvalue weighted by Crippen LogP contribution is -2.62. The number of hydrogen-bond acceptors (Lipinski definition) is 5. The lowest BCUT2D eigenvalue weighted by Gasteiger charge is -2.48. The molecule has 0 N–H and O–H groups in total. The van der Waals surface area contributed by atoms with E-state index in [9.17, 15) is 4.39 Å². The maximum Gasteiger partial charge on any atom is 0.123 e. The summed E-state index contributed by atoms with van der Waals surface area (Å²) in [5, 5.41) is 7.91. The normalized spacial score (nSPS) is 20.3. The Hall–Kier alpha value is -1.99. The van der Waals surface area contributed by atoms with Gasteiger partial charge in [0.05, 0.1) is 11.9 Å². The Kier molecular flexibility index (Phi) is 4.20. The monoisotopic (exact) mass is 330 g/mol. The number of halogens is 1. The molecular weight excluding hydrogens is 307 g/mol. The Labute approximate surface area is 141 Å². The number of rotatable bonds is 4. The van der Waals surface area contributed by atoms with Crippen LogP contribution in [0.3, 0.4) is 0 Å². The van der Waals surface area contributed by atoms with Gasteiger partial charge in [0, 0.05) is 64.6 Å². The molecule has 0 atom stereocenters. The van der Waals surface area contributed by atoms with Gasteiger partial charge in [-0.3, -0.25) is 14.5 Å². The molecular formula is C17H23FN6. The molecule has 0 spiro atoms. The average Bonchev–Trinajstić information content (AvgIpc) is 2.97. The quantitative estimate of drug-likeness (QED) is 0.835. The van der Waals surface area contributed by atoms with Gasteiger partial charge in [0.2, 0.25) is 0 Å². The predicted molar refractivity (Wildman–Crippen MR) is 90.3 cm³/mol. The van der Waals surface area contributed by atoms with Crippen LogP contribution < -0.4 is 4.90 Å². The van der Waals surface area contributed by atoms with E-state index in [-0.39, 0.29) is 5.82 Å². The van der Waals surface area contributed by atoms with Crippen LogP contribution in [0, 0.1) is 5.82 Å². The maximum atomic E-state index is 13.0. The summed E-state index contributed by atoms with van der Waals surface area (Å²) in [4.78, 5) is 7.36. The number of hydrogen-bond donors (Lipinski definition) is 0. The van der Waals surface area contributed by atoms with Gasteiger partial charge in [0.1, 0.15) is 5.82 Å². The summed E-state index contributed by atoms with van der Waals surface area (Å²) in [6, 6.07) is 7.48. The smallest absolute Gasteiger partial charge is 0.123 e. The van der Waals surface area contributed by atoms with Crippen LogP contribution in [0.25, 0.3) is 0 Å². The molecule has 0 amide bonds. The molecule has 24 heavy (non-hydrogen) atoms. The van der Waals surface area contributed by atoms with Crippen molar-refractivity contribution in [2.75, 3.05) is 44.2 Å². The van der Waals surface area contributed by atoms with Crippen LogP contribution >= 0.6 is 0 Å². The molecule has 0 saturated carbocycles. The van der Waals surface area contributed by atoms with Crippen molar-refractivity contribution in [3.8, 4) is 0 Å². The highest BCUT2D eigenvalue weighted by atomic mass is 19.1. The first-order valence-electron chi connectivity index (χ1n) is 8.49. The SMILES string of the molecule is Cn1nncc1CN1CC(N2CCN(c3ccc(F)cc3)CC2)C1. The van der Waals surface area contributed by atoms with Gasteiger partial charge in [0.25, 0.3) is 0 Å². The highest BCUT2D eigenvalue weighted by Crippen LogP contribution is 2.22. The van der Waals surface area contributed by atoms with Gasteiger partial charge in [-0.1, -0.05) is 5.21 Å². The summed E-state index contributed by atoms with van der Waals surface area (Å²) in [7, 11) is 1.94. The van der Waals surface area contributed by atoms with E-state index in [1.807, 2.05) is 30.1 Å². The Balaban J connectivity index is 1.24. The summed E-state index contributed by atoms with van der Waals surface area (Å²) >= 11 is 0. The predicted octanol–water partition coefficient (Wildman–Crippen LogP) is 0.961. The van der Waals surface area contributed by atoms with Gasteiger partial charge in [-0.2, -0.15) is 0 Å². The molecule has 128 valence electrons. The van der Waals surface area contributed by atoms with Crippen molar-refractivity contribution in [2.24, 2.45) is 7.05 Å². The van der Waals surface area contributed by atoms with Gasteiger partial charge in [-0.15, -0.1) is 5.10 Å². The zero-order valence-corrected chi connectivity index (χ0v) is 14.0. The second-order valence-corrected chi connectivity index (χ2v) is 6.70. The fourth-order valence-corrected chi connectivity index (χ4v) is 3.58. The van der Waals surface area contributed by atoms with E-state index in [0.29, 0.717) is 6.04 Å². The lowest BCUT2D eigenvalue weighted by molar-refractivity contribution is 0.0242. The van der Waals surface area contributed by atoms with E-state index in [1.54, 1.807) is 12.1 Å². The second kappa shape index (κ2) is 6.49. The fourth-order valence-electron chi connectivity index (χ4n) is 3.58. The van der Waals surface area contributed by atoms with Crippen molar-refractivity contribution < 1.29 is 4.39 Å². The highest BCUT2D eigenvalue weighted by molar-refractivity contribution is 5.46. The van der Waals surface area contributed by atoms with Gasteiger partial charge < -0.3 is 4.90 Å². The molecule has 3 heterocycles. The lowest BCUT2D eigenvalue weighted by atomic mass is 10.1. The van der Waals surface area contributed by atoms with Crippen LogP contribution in [0.5, 0.6) is 0 Å². The van der Waals surface area contributed by atoms with E-state index >= 15 is 0 Å². The summed E-state index contributed by atoms with van der Waals surface area (Å²) in [5.41, 5.74) is 2.28. The molecule has 2 aromatic rings. The summed E-state index contributed by atoms with van der Waals surface area (Å²) < 4.78 is 14.9. The van der Waals surface area contributed by atoms with E-state index in [2.05, 4.69) is 25.0 Å². The van der Waals surface area contributed by atoms with Crippen LogP contribution in [0.4, 0.5) is 10.1 Å². The zero-order chi connectivity index (χ0) is 16.5. The standard InChI is InChI=1S/C17H23FN6/c1-21-16(10-19-20-21)11-22-12-17(13-22)24-8-6-23(7-9-24)15-4-2-14(18)3-5-15/h2-5,10,17H,6-9,11-13H2,1H3. The third-order valence-electron chi connectivity index (χ3n) is 5.15. The van der Waals surface area contributed by atoms with Gasteiger partial charge >= 0.3 is 0 Å². The second-order valence-electron chi connectivity index (χ2n) is 6.70. The first-order valence-corrected chi connectivity index (χ1v) is 8.49. The minimum atomic E-state index is -0.171. The first-order chi connectivity index (χ1) is 11.7. The number of likely N-dealkylation sites (tertiary alicyclic amines) is 1. The van der Waals surface area contributed by atoms with Gasteiger partial charge in [-0.05, 0) is 24.3 Å². The molecule has 2 fully saturated rings. The molecule has 2 aliphatic heterocycles. The minimum Gasteiger partial charge on any atom is -0.369 e. The molecule has 1 aromatic carbocycles. The van der Waals surface area contributed by atoms with Crippen molar-refractivity contribution in [3.63, 3.8) is 0 Å². The number of piperazine rings is 1. The summed E-state index contributed by atoms with van der Waals surface area (Å²) in [6.07, 6.45) is 1.84. The average molecular weight is 330 g/mol. The van der Waals surface area contributed by atoms with E-state index < -0.39 is 0 Å². The Morgan fingerprint density at radius 1 is 1.08 bits per heavy atom. The molecule has 7 heteroatoms. The minimum absolute atomic E-state index is 0.171. The van der Waals surface area contributed by atoms with Crippen LogP contribution in [-0.4, -0.2) is 70.1 Å². The molecule has 0 bridgehead atoms. The van der Waals surface area contributed by atoms with Crippen molar-refractivity contribution in [3.05, 3.63) is 42.0 Å². The molecule has 2 saturated heterocycles. The van der Waals surface area contributed by atoms with Crippen LogP contribution in [0.2, 0.25) is 0 Å². The molecule has 0 unspecified atom stereocenters. The van der Waals surface area contributed by atoms with Crippen molar-refractivity contribution in [2.45, 2.75) is 12.6 Å². The number of anilines is 1. The van der Waals surface area contributed by atoms with Crippen molar-refractivity contribution in [1.82, 2.24) is 24.8 Å².